The van der Waals surface area contributed by atoms with Crippen LogP contribution >= 0.6 is 23.1 Å². The average molecular weight is 447 g/mol. The van der Waals surface area contributed by atoms with Gasteiger partial charge in [0.2, 0.25) is 0 Å². The van der Waals surface area contributed by atoms with Crippen LogP contribution in [0.25, 0.3) is 21.6 Å². The number of ether oxygens (including phenoxy) is 1. The van der Waals surface area contributed by atoms with Crippen molar-refractivity contribution in [3.63, 3.8) is 0 Å². The second kappa shape index (κ2) is 8.81. The van der Waals surface area contributed by atoms with Crippen molar-refractivity contribution >= 4 is 39.1 Å². The number of methoxy groups -OCH3 is 1. The fraction of sp³-hybridized carbons (Fsp3) is 0.240. The molecule has 6 heteroatoms. The second-order valence-electron chi connectivity index (χ2n) is 7.55. The molecule has 0 spiro atoms. The van der Waals surface area contributed by atoms with Crippen LogP contribution < -0.4 is 4.74 Å². The van der Waals surface area contributed by atoms with Crippen molar-refractivity contribution < 1.29 is 9.53 Å². The molecule has 0 saturated carbocycles. The van der Waals surface area contributed by atoms with E-state index in [-0.39, 0.29) is 5.78 Å². The first-order valence-corrected chi connectivity index (χ1v) is 12.2. The minimum atomic E-state index is 0.0878. The Morgan fingerprint density at radius 3 is 2.58 bits per heavy atom. The molecule has 1 aliphatic carbocycles. The van der Waals surface area contributed by atoms with E-state index in [9.17, 15) is 4.79 Å². The van der Waals surface area contributed by atoms with Crippen molar-refractivity contribution in [3.05, 3.63) is 70.6 Å². The second-order valence-corrected chi connectivity index (χ2v) is 9.60. The molecule has 2 aromatic heterocycles. The summed E-state index contributed by atoms with van der Waals surface area (Å²) in [6, 6.07) is 17.3. The summed E-state index contributed by atoms with van der Waals surface area (Å²) in [5, 5.41) is 2.08. The van der Waals surface area contributed by atoms with Crippen LogP contribution in [0.15, 0.2) is 59.6 Å². The molecular weight excluding hydrogens is 424 g/mol. The molecule has 4 nitrogen and oxygen atoms in total. The van der Waals surface area contributed by atoms with Crippen molar-refractivity contribution in [2.24, 2.45) is 0 Å². The van der Waals surface area contributed by atoms with E-state index in [0.717, 1.165) is 45.2 Å². The number of nitrogens with zero attached hydrogens (tertiary/aromatic N) is 2. The zero-order valence-electron chi connectivity index (χ0n) is 17.3. The largest absolute Gasteiger partial charge is 0.497 e. The van der Waals surface area contributed by atoms with Gasteiger partial charge < -0.3 is 4.74 Å². The summed E-state index contributed by atoms with van der Waals surface area (Å²) < 4.78 is 5.19. The van der Waals surface area contributed by atoms with E-state index in [0.29, 0.717) is 11.3 Å². The maximum atomic E-state index is 12.8. The molecule has 0 radical (unpaired) electrons. The highest BCUT2D eigenvalue weighted by Gasteiger charge is 2.22. The first-order chi connectivity index (χ1) is 15.2. The van der Waals surface area contributed by atoms with Gasteiger partial charge in [-0.05, 0) is 55.5 Å². The van der Waals surface area contributed by atoms with E-state index in [1.165, 1.54) is 35.0 Å². The van der Waals surface area contributed by atoms with Crippen molar-refractivity contribution in [3.8, 4) is 17.1 Å². The Labute approximate surface area is 189 Å². The number of carbonyl (C=O) groups is 1. The third-order valence-corrected chi connectivity index (χ3v) is 7.73. The molecule has 0 amide bonds. The van der Waals surface area contributed by atoms with Crippen LogP contribution in [0.2, 0.25) is 0 Å². The van der Waals surface area contributed by atoms with Gasteiger partial charge in [-0.15, -0.1) is 11.3 Å². The number of hydrogen-bond donors (Lipinski definition) is 0. The van der Waals surface area contributed by atoms with Crippen LogP contribution in [0.4, 0.5) is 0 Å². The summed E-state index contributed by atoms with van der Waals surface area (Å²) in [5.74, 6) is 1.91. The number of aryl methyl sites for hydroxylation is 2. The lowest BCUT2D eigenvalue weighted by atomic mass is 9.97. The molecule has 2 heterocycles. The van der Waals surface area contributed by atoms with E-state index in [1.807, 2.05) is 54.6 Å². The molecule has 31 heavy (non-hydrogen) atoms. The molecule has 0 fully saturated rings. The zero-order valence-corrected chi connectivity index (χ0v) is 18.9. The maximum Gasteiger partial charge on any atom is 0.173 e. The maximum absolute atomic E-state index is 12.8. The SMILES string of the molecule is COc1ccc(C(=O)CSc2nc(-c3ccccc3)nc3sc4c(c23)CCCC4)cc1. The van der Waals surface area contributed by atoms with E-state index in [1.54, 1.807) is 18.4 Å². The standard InChI is InChI=1S/C25H22N2O2S2/c1-29-18-13-11-16(12-14-18)20(28)15-30-24-22-19-9-5-6-10-21(19)31-25(22)27-23(26-24)17-7-3-2-4-8-17/h2-4,7-8,11-14H,5-6,9-10,15H2,1H3. The number of thioether (sulfide) groups is 1. The first kappa shape index (κ1) is 20.2. The third kappa shape index (κ3) is 4.10. The van der Waals surface area contributed by atoms with Gasteiger partial charge in [0, 0.05) is 21.4 Å². The van der Waals surface area contributed by atoms with Crippen molar-refractivity contribution in [1.29, 1.82) is 0 Å². The summed E-state index contributed by atoms with van der Waals surface area (Å²) >= 11 is 3.32. The Morgan fingerprint density at radius 2 is 1.81 bits per heavy atom. The molecule has 0 aliphatic heterocycles. The van der Waals surface area contributed by atoms with Gasteiger partial charge in [-0.1, -0.05) is 42.1 Å². The minimum absolute atomic E-state index is 0.0878. The van der Waals surface area contributed by atoms with Gasteiger partial charge in [0.1, 0.15) is 15.6 Å². The summed E-state index contributed by atoms with van der Waals surface area (Å²) in [6.45, 7) is 0. The van der Waals surface area contributed by atoms with E-state index >= 15 is 0 Å². The molecule has 4 aromatic rings. The van der Waals surface area contributed by atoms with Crippen LogP contribution in [0.5, 0.6) is 5.75 Å². The Morgan fingerprint density at radius 1 is 1.03 bits per heavy atom. The highest BCUT2D eigenvalue weighted by atomic mass is 32.2. The number of thiophene rings is 1. The van der Waals surface area contributed by atoms with Gasteiger partial charge in [0.25, 0.3) is 0 Å². The molecular formula is C25H22N2O2S2. The van der Waals surface area contributed by atoms with Crippen LogP contribution in [0, 0.1) is 0 Å². The predicted octanol–water partition coefficient (Wildman–Crippen LogP) is 6.22. The van der Waals surface area contributed by atoms with E-state index in [4.69, 9.17) is 14.7 Å². The zero-order chi connectivity index (χ0) is 21.2. The van der Waals surface area contributed by atoms with Crippen LogP contribution in [-0.2, 0) is 12.8 Å². The molecule has 0 saturated heterocycles. The Kier molecular flexibility index (Phi) is 5.74. The molecule has 0 N–H and O–H groups in total. The lowest BCUT2D eigenvalue weighted by Gasteiger charge is -2.12. The number of aromatic nitrogens is 2. The first-order valence-electron chi connectivity index (χ1n) is 10.4. The minimum Gasteiger partial charge on any atom is -0.497 e. The van der Waals surface area contributed by atoms with E-state index < -0.39 is 0 Å². The number of benzene rings is 2. The number of ketones is 1. The van der Waals surface area contributed by atoms with Gasteiger partial charge in [-0.25, -0.2) is 9.97 Å². The highest BCUT2D eigenvalue weighted by Crippen LogP contribution is 2.40. The van der Waals surface area contributed by atoms with Gasteiger partial charge in [0.15, 0.2) is 11.6 Å². The molecule has 156 valence electrons. The lowest BCUT2D eigenvalue weighted by Crippen LogP contribution is -2.04. The van der Waals surface area contributed by atoms with E-state index in [2.05, 4.69) is 0 Å². The Bertz CT molecular complexity index is 1230. The van der Waals surface area contributed by atoms with Crippen LogP contribution in [0.3, 0.4) is 0 Å². The van der Waals surface area contributed by atoms with Gasteiger partial charge >= 0.3 is 0 Å². The number of hydrogen-bond acceptors (Lipinski definition) is 6. The number of carbonyl (C=O) groups excluding carboxylic acids is 1. The Hall–Kier alpha value is -2.70. The van der Waals surface area contributed by atoms with Crippen LogP contribution in [0.1, 0.15) is 33.6 Å². The third-order valence-electron chi connectivity index (χ3n) is 5.57. The summed E-state index contributed by atoms with van der Waals surface area (Å²) in [5.41, 5.74) is 3.08. The van der Waals surface area contributed by atoms with Crippen molar-refractivity contribution in [2.75, 3.05) is 12.9 Å². The van der Waals surface area contributed by atoms with Crippen LogP contribution in [-0.4, -0.2) is 28.6 Å². The van der Waals surface area contributed by atoms with Crippen molar-refractivity contribution in [2.45, 2.75) is 30.7 Å². The fourth-order valence-corrected chi connectivity index (χ4v) is 6.21. The van der Waals surface area contributed by atoms with Gasteiger partial charge in [-0.2, -0.15) is 0 Å². The fourth-order valence-electron chi connectivity index (χ4n) is 3.94. The van der Waals surface area contributed by atoms with Crippen molar-refractivity contribution in [1.82, 2.24) is 9.97 Å². The highest BCUT2D eigenvalue weighted by molar-refractivity contribution is 8.00. The molecule has 2 aromatic carbocycles. The quantitative estimate of drug-likeness (QED) is 0.200. The lowest BCUT2D eigenvalue weighted by molar-refractivity contribution is 0.102. The monoisotopic (exact) mass is 446 g/mol. The molecule has 5 rings (SSSR count). The average Bonchev–Trinajstić information content (AvgIpc) is 3.21. The van der Waals surface area contributed by atoms with Gasteiger partial charge in [0.05, 0.1) is 12.9 Å². The molecule has 0 bridgehead atoms. The summed E-state index contributed by atoms with van der Waals surface area (Å²) in [4.78, 5) is 25.2. The number of Topliss-reactive ketones (excluding diaryl/α,β-unsaturated/α-hetero) is 1. The smallest absolute Gasteiger partial charge is 0.173 e. The molecule has 0 atom stereocenters. The number of fused-ring (bicyclic) bond motifs is 3. The molecule has 0 unspecified atom stereocenters. The predicted molar refractivity (Wildman–Crippen MR) is 128 cm³/mol. The summed E-state index contributed by atoms with van der Waals surface area (Å²) in [6.07, 6.45) is 4.63. The topological polar surface area (TPSA) is 52.1 Å². The van der Waals surface area contributed by atoms with Gasteiger partial charge in [-0.3, -0.25) is 4.79 Å². The molecule has 1 aliphatic rings. The Balaban J connectivity index is 1.51. The number of rotatable bonds is 6. The normalized spacial score (nSPS) is 13.2. The summed E-state index contributed by atoms with van der Waals surface area (Å²) in [7, 11) is 1.62.